The van der Waals surface area contributed by atoms with Crippen LogP contribution >= 0.6 is 0 Å². The minimum atomic E-state index is 0. The molecule has 2 aromatic carbocycles. The Labute approximate surface area is 163 Å². The Balaban J connectivity index is 0.000000781. The molecule has 2 aliphatic rings. The predicted octanol–water partition coefficient (Wildman–Crippen LogP) is -2.39. The van der Waals surface area contributed by atoms with Crippen LogP contribution in [0.3, 0.4) is 0 Å². The summed E-state index contributed by atoms with van der Waals surface area (Å²) in [6.45, 7) is 0. The number of halogens is 2. The number of aromatic amines is 1. The first-order valence-corrected chi connectivity index (χ1v) is 8.71. The summed E-state index contributed by atoms with van der Waals surface area (Å²) in [7, 11) is 0. The molecule has 2 aliphatic carbocycles. The van der Waals surface area contributed by atoms with Crippen molar-refractivity contribution < 1.29 is 49.5 Å². The Morgan fingerprint density at radius 3 is 2.65 bits per heavy atom. The average Bonchev–Trinajstić information content (AvgIpc) is 3.03. The van der Waals surface area contributed by atoms with Crippen LogP contribution in [0, 0.1) is 0 Å². The number of hydrogen-bond donors (Lipinski definition) is 1. The molecule has 1 nitrogen and oxygen atoms in total. The molecule has 0 radical (unpaired) electrons. The first kappa shape index (κ1) is 17.0. The summed E-state index contributed by atoms with van der Waals surface area (Å²) in [5.74, 6) is 0.437. The van der Waals surface area contributed by atoms with Gasteiger partial charge in [0.2, 0.25) is 0 Å². The molecule has 4 heteroatoms. The molecule has 2 bridgehead atoms. The quantitative estimate of drug-likeness (QED) is 0.454. The molecule has 0 saturated carbocycles. The van der Waals surface area contributed by atoms with E-state index >= 15 is 0 Å². The summed E-state index contributed by atoms with van der Waals surface area (Å²) >= 11 is 1.54. The van der Waals surface area contributed by atoms with E-state index < -0.39 is 0 Å². The molecule has 1 atom stereocenters. The van der Waals surface area contributed by atoms with E-state index in [2.05, 4.69) is 53.5 Å². The van der Waals surface area contributed by atoms with Gasteiger partial charge in [-0.2, -0.15) is 0 Å². The molecule has 0 saturated heterocycles. The molecule has 1 unspecified atom stereocenters. The third-order valence-corrected chi connectivity index (χ3v) is 6.30. The number of benzene rings is 2. The predicted molar refractivity (Wildman–Crippen MR) is 82.7 cm³/mol. The van der Waals surface area contributed by atoms with Gasteiger partial charge in [0.1, 0.15) is 0 Å². The number of fused-ring (bicyclic) bond motifs is 2. The number of aromatic nitrogens is 1. The zero-order valence-electron chi connectivity index (χ0n) is 12.4. The van der Waals surface area contributed by atoms with E-state index in [9.17, 15) is 0 Å². The summed E-state index contributed by atoms with van der Waals surface area (Å²) in [5.41, 5.74) is 8.73. The number of nitrogens with one attached hydrogen (secondary N) is 1. The normalized spacial score (nSPS) is 17.0. The van der Waals surface area contributed by atoms with Crippen LogP contribution in [0.5, 0.6) is 0 Å². The van der Waals surface area contributed by atoms with Gasteiger partial charge in [0.25, 0.3) is 0 Å². The summed E-state index contributed by atoms with van der Waals surface area (Å²) in [5, 5.41) is 1.52. The Kier molecular flexibility index (Phi) is 4.62. The van der Waals surface area contributed by atoms with Gasteiger partial charge >= 0.3 is 139 Å². The Morgan fingerprint density at radius 1 is 0.957 bits per heavy atom. The fraction of sp³-hybridized carbons (Fsp3) is 0.158. The van der Waals surface area contributed by atoms with Gasteiger partial charge in [-0.05, 0) is 0 Å². The number of allylic oxidation sites excluding steroid dienone is 1. The molecule has 0 amide bonds. The van der Waals surface area contributed by atoms with E-state index in [-0.39, 0.29) is 24.8 Å². The van der Waals surface area contributed by atoms with Crippen molar-refractivity contribution in [2.24, 2.45) is 0 Å². The van der Waals surface area contributed by atoms with E-state index in [1.807, 2.05) is 0 Å². The third-order valence-electron chi connectivity index (χ3n) is 4.95. The molecule has 0 fully saturated rings. The van der Waals surface area contributed by atoms with Gasteiger partial charge in [0.05, 0.1) is 0 Å². The van der Waals surface area contributed by atoms with E-state index in [1.54, 1.807) is 8.83 Å². The van der Waals surface area contributed by atoms with Crippen molar-refractivity contribution in [1.29, 1.82) is 0 Å². The molecule has 113 valence electrons. The second-order valence-electron chi connectivity index (χ2n) is 6.00. The Hall–Kier alpha value is -0.817. The van der Waals surface area contributed by atoms with Crippen molar-refractivity contribution in [2.45, 2.75) is 18.8 Å². The molecule has 0 aliphatic heterocycles. The molecule has 0 spiro atoms. The van der Waals surface area contributed by atoms with Crippen LogP contribution in [0.15, 0.2) is 42.5 Å². The van der Waals surface area contributed by atoms with Crippen molar-refractivity contribution in [3.05, 3.63) is 70.4 Å². The Morgan fingerprint density at radius 2 is 1.78 bits per heavy atom. The van der Waals surface area contributed by atoms with Crippen LogP contribution in [0.2, 0.25) is 0 Å². The maximum atomic E-state index is 3.61. The maximum absolute atomic E-state index is 3.61. The second-order valence-corrected chi connectivity index (χ2v) is 7.23. The van der Waals surface area contributed by atoms with Crippen molar-refractivity contribution in [1.82, 2.24) is 4.98 Å². The zero-order chi connectivity index (χ0) is 14.0. The standard InChI is InChI=1S/C19H14N.2ClH.Zr/c1-2-4-14-12(3-1)5-7-15(14)16-9-10-19-18-11-13(20-19)6-8-17(16)18;;;/h1-5,7,9-10,15,20H,6,8H2;2*1H;/q;;;+2/p-2. The summed E-state index contributed by atoms with van der Waals surface area (Å²) in [4.78, 5) is 3.61. The molecule has 1 N–H and O–H groups in total. The van der Waals surface area contributed by atoms with Crippen LogP contribution in [0.4, 0.5) is 0 Å². The first-order valence-electron chi connectivity index (χ1n) is 7.48. The fourth-order valence-corrected chi connectivity index (χ4v) is 5.11. The number of rotatable bonds is 1. The fourth-order valence-electron chi connectivity index (χ4n) is 3.95. The van der Waals surface area contributed by atoms with Crippen LogP contribution in [0.25, 0.3) is 17.0 Å². The third kappa shape index (κ3) is 2.38. The zero-order valence-corrected chi connectivity index (χ0v) is 16.3. The van der Waals surface area contributed by atoms with Crippen molar-refractivity contribution in [3.63, 3.8) is 0 Å². The molecule has 1 heterocycles. The van der Waals surface area contributed by atoms with Gasteiger partial charge in [-0.1, -0.05) is 0 Å². The summed E-state index contributed by atoms with van der Waals surface area (Å²) in [6.07, 6.45) is 7.01. The van der Waals surface area contributed by atoms with Crippen molar-refractivity contribution >= 4 is 20.3 Å². The molecule has 23 heavy (non-hydrogen) atoms. The van der Waals surface area contributed by atoms with Crippen LogP contribution in [0.1, 0.15) is 33.9 Å². The van der Waals surface area contributed by atoms with E-state index in [0.717, 1.165) is 0 Å². The number of H-pyrrole nitrogens is 1. The van der Waals surface area contributed by atoms with Gasteiger partial charge in [-0.25, -0.2) is 0 Å². The van der Waals surface area contributed by atoms with Crippen molar-refractivity contribution in [3.8, 4) is 0 Å². The van der Waals surface area contributed by atoms with E-state index in [4.69, 9.17) is 0 Å². The van der Waals surface area contributed by atoms with E-state index in [1.165, 1.54) is 70.8 Å². The second kappa shape index (κ2) is 6.24. The molecule has 1 aromatic heterocycles. The molecule has 3 aromatic rings. The summed E-state index contributed by atoms with van der Waals surface area (Å²) in [6, 6.07) is 13.4. The molecular weight excluding hydrogens is 404 g/mol. The van der Waals surface area contributed by atoms with Gasteiger partial charge in [-0.3, -0.25) is 0 Å². The van der Waals surface area contributed by atoms with Gasteiger partial charge in [0, 0.05) is 0 Å². The molecule has 5 rings (SSSR count). The monoisotopic (exact) mass is 416 g/mol. The number of hydrogen-bond acceptors (Lipinski definition) is 0. The average molecular weight is 418 g/mol. The van der Waals surface area contributed by atoms with Crippen LogP contribution < -0.4 is 28.1 Å². The topological polar surface area (TPSA) is 15.8 Å². The SMILES string of the molecule is [Cl-].[Cl-].[Zr+2][c]1c2[nH]c3ccc(C4C=Cc5ccccc54)c(c13)CC2. The Bertz CT molecular complexity index is 927. The van der Waals surface area contributed by atoms with Crippen LogP contribution in [-0.4, -0.2) is 4.98 Å². The van der Waals surface area contributed by atoms with Crippen LogP contribution in [-0.2, 0) is 37.6 Å². The number of aryl methyl sites for hydroxylation is 2. The van der Waals surface area contributed by atoms with Gasteiger partial charge in [-0.15, -0.1) is 0 Å². The minimum absolute atomic E-state index is 0. The summed E-state index contributed by atoms with van der Waals surface area (Å²) < 4.78 is 1.55. The molecular formula is C19H14Cl2NZr. The van der Waals surface area contributed by atoms with Gasteiger partial charge < -0.3 is 24.8 Å². The van der Waals surface area contributed by atoms with E-state index in [0.29, 0.717) is 5.92 Å². The first-order chi connectivity index (χ1) is 10.3. The van der Waals surface area contributed by atoms with Gasteiger partial charge in [0.15, 0.2) is 0 Å². The van der Waals surface area contributed by atoms with Crippen molar-refractivity contribution in [2.75, 3.05) is 0 Å².